The lowest BCUT2D eigenvalue weighted by atomic mass is 9.85. The largest absolute Gasteiger partial charge is 0.371 e. The number of nitrogens with two attached hydrogens (primary N) is 2. The van der Waals surface area contributed by atoms with Gasteiger partial charge in [0.2, 0.25) is 11.8 Å². The summed E-state index contributed by atoms with van der Waals surface area (Å²) in [6.07, 6.45) is 11.0. The van der Waals surface area contributed by atoms with Crippen molar-refractivity contribution in [1.82, 2.24) is 14.7 Å². The summed E-state index contributed by atoms with van der Waals surface area (Å²) in [7, 11) is 0. The monoisotopic (exact) mass is 535 g/mol. The van der Waals surface area contributed by atoms with Gasteiger partial charge < -0.3 is 21.7 Å². The van der Waals surface area contributed by atoms with Crippen LogP contribution in [0.3, 0.4) is 0 Å². The number of nitrogens with zero attached hydrogens (tertiary/aromatic N) is 3. The van der Waals surface area contributed by atoms with Gasteiger partial charge in [0.1, 0.15) is 11.8 Å². The van der Waals surface area contributed by atoms with Gasteiger partial charge in [-0.25, -0.2) is 0 Å². The van der Waals surface area contributed by atoms with Crippen molar-refractivity contribution in [2.45, 2.75) is 38.3 Å². The molecule has 9 nitrogen and oxygen atoms in total. The van der Waals surface area contributed by atoms with Crippen LogP contribution < -0.4 is 11.5 Å². The summed E-state index contributed by atoms with van der Waals surface area (Å²) >= 11 is 0. The van der Waals surface area contributed by atoms with Crippen molar-refractivity contribution in [1.29, 1.82) is 0 Å². The van der Waals surface area contributed by atoms with Gasteiger partial charge in [-0.15, -0.1) is 0 Å². The van der Waals surface area contributed by atoms with E-state index in [1.54, 1.807) is 36.5 Å². The zero-order chi connectivity index (χ0) is 28.2. The molecule has 6 N–H and O–H groups in total. The van der Waals surface area contributed by atoms with E-state index in [1.807, 2.05) is 41.8 Å². The van der Waals surface area contributed by atoms with Crippen LogP contribution in [-0.4, -0.2) is 87.4 Å². The molecule has 0 saturated carbocycles. The van der Waals surface area contributed by atoms with Crippen LogP contribution in [0.1, 0.15) is 25.8 Å². The van der Waals surface area contributed by atoms with Crippen LogP contribution in [0.4, 0.5) is 0 Å². The SMILES string of the molecule is CC1=CC(C(N)=O)C(O)(N2CCCN(Cc3ccccc3)CCN(C3(O)C=CC(C)=CC3C(N)=O)CC2)C=C1. The molecule has 0 spiro atoms. The highest BCUT2D eigenvalue weighted by atomic mass is 16.3. The van der Waals surface area contributed by atoms with Crippen molar-refractivity contribution >= 4 is 11.8 Å². The Morgan fingerprint density at radius 1 is 0.795 bits per heavy atom. The van der Waals surface area contributed by atoms with Gasteiger partial charge in [-0.3, -0.25) is 24.3 Å². The fourth-order valence-electron chi connectivity index (χ4n) is 5.83. The van der Waals surface area contributed by atoms with Crippen molar-refractivity contribution in [3.05, 3.63) is 83.5 Å². The molecule has 1 aromatic carbocycles. The molecule has 39 heavy (non-hydrogen) atoms. The van der Waals surface area contributed by atoms with Gasteiger partial charge in [-0.1, -0.05) is 65.8 Å². The minimum absolute atomic E-state index is 0.320. The lowest BCUT2D eigenvalue weighted by Gasteiger charge is -2.47. The summed E-state index contributed by atoms with van der Waals surface area (Å²) in [6, 6.07) is 10.2. The number of benzene rings is 1. The quantitative estimate of drug-likeness (QED) is 0.428. The van der Waals surface area contributed by atoms with Gasteiger partial charge in [-0.2, -0.15) is 0 Å². The average molecular weight is 536 g/mol. The van der Waals surface area contributed by atoms with Crippen LogP contribution in [0.15, 0.2) is 77.9 Å². The molecule has 1 saturated heterocycles. The number of carbonyl (C=O) groups excluding carboxylic acids is 2. The maximum absolute atomic E-state index is 12.5. The van der Waals surface area contributed by atoms with Crippen LogP contribution >= 0.6 is 0 Å². The van der Waals surface area contributed by atoms with Crippen LogP contribution in [-0.2, 0) is 16.1 Å². The molecule has 0 aromatic heterocycles. The molecule has 1 aromatic rings. The minimum atomic E-state index is -1.63. The first-order valence-electron chi connectivity index (χ1n) is 13.6. The van der Waals surface area contributed by atoms with Crippen LogP contribution in [0.2, 0.25) is 0 Å². The topological polar surface area (TPSA) is 136 Å². The fraction of sp³-hybridized carbons (Fsp3) is 0.467. The summed E-state index contributed by atoms with van der Waals surface area (Å²) in [5.41, 5.74) is 11.2. The third kappa shape index (κ3) is 6.40. The zero-order valence-electron chi connectivity index (χ0n) is 22.9. The molecule has 1 fully saturated rings. The van der Waals surface area contributed by atoms with Crippen molar-refractivity contribution in [3.8, 4) is 0 Å². The lowest BCUT2D eigenvalue weighted by Crippen LogP contribution is -2.62. The van der Waals surface area contributed by atoms with E-state index in [9.17, 15) is 19.8 Å². The number of hydrogen-bond acceptors (Lipinski definition) is 7. The van der Waals surface area contributed by atoms with Crippen molar-refractivity contribution in [2.75, 3.05) is 39.3 Å². The summed E-state index contributed by atoms with van der Waals surface area (Å²) in [5.74, 6) is -3.06. The molecule has 0 bridgehead atoms. The molecule has 1 heterocycles. The second-order valence-electron chi connectivity index (χ2n) is 10.9. The molecular formula is C30H41N5O4. The number of allylic oxidation sites excluding steroid dienone is 4. The number of aliphatic hydroxyl groups is 2. The molecule has 210 valence electrons. The maximum atomic E-state index is 12.5. The maximum Gasteiger partial charge on any atom is 0.229 e. The third-order valence-electron chi connectivity index (χ3n) is 8.06. The summed E-state index contributed by atoms with van der Waals surface area (Å²) in [4.78, 5) is 30.9. The van der Waals surface area contributed by atoms with Crippen LogP contribution in [0, 0.1) is 11.8 Å². The van der Waals surface area contributed by atoms with Gasteiger partial charge in [0.15, 0.2) is 11.4 Å². The summed E-state index contributed by atoms with van der Waals surface area (Å²) < 4.78 is 0. The summed E-state index contributed by atoms with van der Waals surface area (Å²) in [6.45, 7) is 7.47. The molecule has 9 heteroatoms. The van der Waals surface area contributed by atoms with Gasteiger partial charge in [-0.05, 0) is 44.5 Å². The Hall–Kier alpha value is -3.08. The highest BCUT2D eigenvalue weighted by molar-refractivity contribution is 5.81. The Labute approximate surface area is 230 Å². The van der Waals surface area contributed by atoms with Crippen LogP contribution in [0.5, 0.6) is 0 Å². The number of primary amides is 2. The van der Waals surface area contributed by atoms with E-state index in [-0.39, 0.29) is 0 Å². The Bertz CT molecular complexity index is 1180. The molecule has 1 aliphatic heterocycles. The van der Waals surface area contributed by atoms with Gasteiger partial charge >= 0.3 is 0 Å². The van der Waals surface area contributed by atoms with E-state index in [4.69, 9.17) is 11.5 Å². The van der Waals surface area contributed by atoms with E-state index in [0.717, 1.165) is 30.7 Å². The normalized spacial score (nSPS) is 31.4. The molecule has 4 rings (SSSR count). The third-order valence-corrected chi connectivity index (χ3v) is 8.06. The van der Waals surface area contributed by atoms with Gasteiger partial charge in [0.05, 0.1) is 0 Å². The Balaban J connectivity index is 1.66. The second kappa shape index (κ2) is 12.0. The van der Waals surface area contributed by atoms with E-state index in [1.165, 1.54) is 5.56 Å². The number of hydrogen-bond donors (Lipinski definition) is 4. The first kappa shape index (κ1) is 28.9. The fourth-order valence-corrected chi connectivity index (χ4v) is 5.83. The predicted molar refractivity (Wildman–Crippen MR) is 151 cm³/mol. The minimum Gasteiger partial charge on any atom is -0.371 e. The van der Waals surface area contributed by atoms with E-state index < -0.39 is 35.1 Å². The van der Waals surface area contributed by atoms with Crippen LogP contribution in [0.25, 0.3) is 0 Å². The Morgan fingerprint density at radius 3 is 1.79 bits per heavy atom. The molecule has 4 unspecified atom stereocenters. The van der Waals surface area contributed by atoms with Crippen molar-refractivity contribution < 1.29 is 19.8 Å². The first-order valence-corrected chi connectivity index (χ1v) is 13.6. The molecular weight excluding hydrogens is 494 g/mol. The van der Waals surface area contributed by atoms with E-state index >= 15 is 0 Å². The second-order valence-corrected chi connectivity index (χ2v) is 10.9. The highest BCUT2D eigenvalue weighted by Crippen LogP contribution is 2.34. The zero-order valence-corrected chi connectivity index (χ0v) is 22.9. The lowest BCUT2D eigenvalue weighted by molar-refractivity contribution is -0.153. The number of carbonyl (C=O) groups is 2. The molecule has 2 amide bonds. The molecule has 3 aliphatic rings. The first-order chi connectivity index (χ1) is 18.5. The van der Waals surface area contributed by atoms with Gasteiger partial charge in [0, 0.05) is 39.3 Å². The van der Waals surface area contributed by atoms with Crippen molar-refractivity contribution in [2.24, 2.45) is 23.3 Å². The van der Waals surface area contributed by atoms with Crippen molar-refractivity contribution in [3.63, 3.8) is 0 Å². The Morgan fingerprint density at radius 2 is 1.28 bits per heavy atom. The highest BCUT2D eigenvalue weighted by Gasteiger charge is 2.47. The van der Waals surface area contributed by atoms with E-state index in [0.29, 0.717) is 32.7 Å². The molecule has 0 radical (unpaired) electrons. The standard InChI is InChI=1S/C30H41N5O4/c1-22-9-11-29(38,25(19-22)27(31)36)34-14-6-13-33(21-24-7-4-3-5-8-24)15-16-35(18-17-34)30(39)12-10-23(2)20-26(30)28(32)37/h3-5,7-12,19-20,25-26,38-39H,6,13-18,21H2,1-2H3,(H2,31,36)(H2,32,37). The predicted octanol–water partition coefficient (Wildman–Crippen LogP) is 1.11. The van der Waals surface area contributed by atoms with Gasteiger partial charge in [0.25, 0.3) is 0 Å². The smallest absolute Gasteiger partial charge is 0.229 e. The molecule has 4 atom stereocenters. The van der Waals surface area contributed by atoms with E-state index in [2.05, 4.69) is 17.0 Å². The average Bonchev–Trinajstić information content (AvgIpc) is 2.90. The number of rotatable bonds is 6. The summed E-state index contributed by atoms with van der Waals surface area (Å²) in [5, 5.41) is 23.8. The number of amides is 2. The molecule has 2 aliphatic carbocycles. The Kier molecular flexibility index (Phi) is 8.88.